The lowest BCUT2D eigenvalue weighted by atomic mass is 9.83. The highest BCUT2D eigenvalue weighted by molar-refractivity contribution is 6.17. The van der Waals surface area contributed by atoms with Crippen LogP contribution in [0, 0.1) is 5.92 Å². The van der Waals surface area contributed by atoms with Crippen LogP contribution in [0.3, 0.4) is 0 Å². The maximum atomic E-state index is 12.7. The largest absolute Gasteiger partial charge is 0.343 e. The summed E-state index contributed by atoms with van der Waals surface area (Å²) in [7, 11) is 0. The molecule has 3 heteroatoms. The Morgan fingerprint density at radius 2 is 1.96 bits per heavy atom. The summed E-state index contributed by atoms with van der Waals surface area (Å²) in [4.78, 5) is 25.2. The number of para-hydroxylation sites is 1. The van der Waals surface area contributed by atoms with E-state index in [0.29, 0.717) is 0 Å². The Labute approximate surface area is 137 Å². The number of unbranched alkanes of at least 4 members (excludes halogenated alkanes) is 1. The average molecular weight is 309 g/mol. The number of nitrogens with zero attached hydrogens (tertiary/aromatic N) is 1. The van der Waals surface area contributed by atoms with Gasteiger partial charge in [-0.2, -0.15) is 0 Å². The molecule has 0 N–H and O–H groups in total. The summed E-state index contributed by atoms with van der Waals surface area (Å²) in [6.07, 6.45) is 5.57. The van der Waals surface area contributed by atoms with Gasteiger partial charge in [0.1, 0.15) is 5.92 Å². The molecule has 0 amide bonds. The quantitative estimate of drug-likeness (QED) is 0.770. The minimum Gasteiger partial charge on any atom is -0.343 e. The van der Waals surface area contributed by atoms with E-state index in [1.807, 2.05) is 32.1 Å². The highest BCUT2D eigenvalue weighted by Gasteiger charge is 2.36. The SMILES string of the molecule is CCCCn1c2c(c3ccccc31)C=CC(=O)C2C(=O)C(C)C. The van der Waals surface area contributed by atoms with Gasteiger partial charge in [0, 0.05) is 34.6 Å². The molecule has 0 saturated carbocycles. The number of allylic oxidation sites excluding steroid dienone is 1. The first kappa shape index (κ1) is 15.7. The van der Waals surface area contributed by atoms with Crippen LogP contribution in [0.25, 0.3) is 17.0 Å². The third kappa shape index (κ3) is 2.54. The van der Waals surface area contributed by atoms with Crippen molar-refractivity contribution in [2.75, 3.05) is 0 Å². The second-order valence-corrected chi connectivity index (χ2v) is 6.55. The third-order valence-corrected chi connectivity index (χ3v) is 4.61. The van der Waals surface area contributed by atoms with Crippen LogP contribution in [-0.4, -0.2) is 16.1 Å². The standard InChI is InChI=1S/C20H23NO2/c1-4-5-12-21-16-9-7-6-8-14(16)15-10-11-17(22)18(19(15)21)20(23)13(2)3/h6-11,13,18H,4-5,12H2,1-3H3. The lowest BCUT2D eigenvalue weighted by molar-refractivity contribution is -0.129. The monoisotopic (exact) mass is 309 g/mol. The zero-order valence-corrected chi connectivity index (χ0v) is 14.0. The first-order valence-electron chi connectivity index (χ1n) is 8.43. The molecular formula is C20H23NO2. The minimum absolute atomic E-state index is 0.0150. The maximum Gasteiger partial charge on any atom is 0.172 e. The van der Waals surface area contributed by atoms with E-state index in [2.05, 4.69) is 23.6 Å². The topological polar surface area (TPSA) is 39.1 Å². The Morgan fingerprint density at radius 3 is 2.65 bits per heavy atom. The summed E-state index contributed by atoms with van der Waals surface area (Å²) in [5.74, 6) is -0.877. The molecule has 0 radical (unpaired) electrons. The Kier molecular flexibility index (Phi) is 4.20. The number of Topliss-reactive ketones (excluding diaryl/α,β-unsaturated/α-hetero) is 1. The molecule has 1 aliphatic carbocycles. The number of aryl methyl sites for hydroxylation is 1. The van der Waals surface area contributed by atoms with Crippen LogP contribution in [0.1, 0.15) is 50.8 Å². The van der Waals surface area contributed by atoms with Gasteiger partial charge in [0.05, 0.1) is 0 Å². The van der Waals surface area contributed by atoms with Crippen molar-refractivity contribution in [1.82, 2.24) is 4.57 Å². The van der Waals surface area contributed by atoms with Crippen molar-refractivity contribution in [3.63, 3.8) is 0 Å². The predicted octanol–water partition coefficient (Wildman–Crippen LogP) is 4.35. The second kappa shape index (κ2) is 6.15. The Bertz CT molecular complexity index is 795. The molecule has 3 nitrogen and oxygen atoms in total. The van der Waals surface area contributed by atoms with Crippen molar-refractivity contribution < 1.29 is 9.59 Å². The lowest BCUT2D eigenvalue weighted by Crippen LogP contribution is -2.29. The van der Waals surface area contributed by atoms with E-state index in [4.69, 9.17) is 0 Å². The number of ketones is 2. The highest BCUT2D eigenvalue weighted by Crippen LogP contribution is 2.37. The number of aromatic nitrogens is 1. The molecule has 0 aliphatic heterocycles. The number of benzene rings is 1. The van der Waals surface area contributed by atoms with E-state index in [9.17, 15) is 9.59 Å². The molecule has 0 bridgehead atoms. The summed E-state index contributed by atoms with van der Waals surface area (Å²) in [5, 5.41) is 1.13. The maximum absolute atomic E-state index is 12.7. The minimum atomic E-state index is -0.653. The Balaban J connectivity index is 2.27. The van der Waals surface area contributed by atoms with Gasteiger partial charge in [0.2, 0.25) is 0 Å². The van der Waals surface area contributed by atoms with Crippen LogP contribution in [0.4, 0.5) is 0 Å². The van der Waals surface area contributed by atoms with Gasteiger partial charge in [0.25, 0.3) is 0 Å². The van der Waals surface area contributed by atoms with E-state index in [0.717, 1.165) is 41.5 Å². The van der Waals surface area contributed by atoms with Crippen LogP contribution >= 0.6 is 0 Å². The van der Waals surface area contributed by atoms with Crippen LogP contribution in [-0.2, 0) is 16.1 Å². The molecule has 0 saturated heterocycles. The first-order chi connectivity index (χ1) is 11.1. The summed E-state index contributed by atoms with van der Waals surface area (Å²) in [5.41, 5.74) is 3.05. The molecule has 3 rings (SSSR count). The fraction of sp³-hybridized carbons (Fsp3) is 0.400. The summed E-state index contributed by atoms with van der Waals surface area (Å²) in [6, 6.07) is 8.18. The molecular weight excluding hydrogens is 286 g/mol. The molecule has 1 unspecified atom stereocenters. The van der Waals surface area contributed by atoms with Gasteiger partial charge in [0.15, 0.2) is 11.6 Å². The van der Waals surface area contributed by atoms with E-state index < -0.39 is 5.92 Å². The van der Waals surface area contributed by atoms with E-state index in [1.54, 1.807) is 6.08 Å². The summed E-state index contributed by atoms with van der Waals surface area (Å²) < 4.78 is 2.19. The van der Waals surface area contributed by atoms with Gasteiger partial charge >= 0.3 is 0 Å². The van der Waals surface area contributed by atoms with Gasteiger partial charge in [-0.15, -0.1) is 0 Å². The molecule has 1 aromatic carbocycles. The second-order valence-electron chi connectivity index (χ2n) is 6.55. The fourth-order valence-corrected chi connectivity index (χ4v) is 3.40. The zero-order chi connectivity index (χ0) is 16.6. The molecule has 1 heterocycles. The van der Waals surface area contributed by atoms with Crippen LogP contribution < -0.4 is 0 Å². The van der Waals surface area contributed by atoms with E-state index in [1.165, 1.54) is 0 Å². The number of fused-ring (bicyclic) bond motifs is 3. The van der Waals surface area contributed by atoms with Crippen molar-refractivity contribution in [3.8, 4) is 0 Å². The van der Waals surface area contributed by atoms with Crippen molar-refractivity contribution in [2.24, 2.45) is 5.92 Å². The Hall–Kier alpha value is -2.16. The normalized spacial score (nSPS) is 17.0. The molecule has 23 heavy (non-hydrogen) atoms. The number of hydrogen-bond acceptors (Lipinski definition) is 2. The van der Waals surface area contributed by atoms with Crippen LogP contribution in [0.2, 0.25) is 0 Å². The van der Waals surface area contributed by atoms with Gasteiger partial charge < -0.3 is 4.57 Å². The summed E-state index contributed by atoms with van der Waals surface area (Å²) in [6.45, 7) is 6.73. The molecule has 0 fully saturated rings. The molecule has 120 valence electrons. The molecule has 1 aliphatic rings. The number of carbonyl (C=O) groups is 2. The summed E-state index contributed by atoms with van der Waals surface area (Å²) >= 11 is 0. The predicted molar refractivity (Wildman–Crippen MR) is 93.5 cm³/mol. The molecule has 1 aromatic heterocycles. The van der Waals surface area contributed by atoms with Crippen molar-refractivity contribution in [1.29, 1.82) is 0 Å². The first-order valence-corrected chi connectivity index (χ1v) is 8.43. The van der Waals surface area contributed by atoms with E-state index >= 15 is 0 Å². The average Bonchev–Trinajstić information content (AvgIpc) is 2.86. The number of carbonyl (C=O) groups excluding carboxylic acids is 2. The van der Waals surface area contributed by atoms with Gasteiger partial charge in [-0.1, -0.05) is 45.4 Å². The van der Waals surface area contributed by atoms with Crippen molar-refractivity contribution in [2.45, 2.75) is 46.1 Å². The number of hydrogen-bond donors (Lipinski definition) is 0. The zero-order valence-electron chi connectivity index (χ0n) is 14.0. The number of rotatable bonds is 5. The third-order valence-electron chi connectivity index (χ3n) is 4.61. The van der Waals surface area contributed by atoms with Crippen LogP contribution in [0.15, 0.2) is 30.3 Å². The Morgan fingerprint density at radius 1 is 1.22 bits per heavy atom. The van der Waals surface area contributed by atoms with Gasteiger partial charge in [-0.3, -0.25) is 9.59 Å². The molecule has 0 spiro atoms. The van der Waals surface area contributed by atoms with Gasteiger partial charge in [-0.05, 0) is 24.6 Å². The smallest absolute Gasteiger partial charge is 0.172 e. The molecule has 2 aromatic rings. The lowest BCUT2D eigenvalue weighted by Gasteiger charge is -2.22. The highest BCUT2D eigenvalue weighted by atomic mass is 16.2. The van der Waals surface area contributed by atoms with Crippen molar-refractivity contribution in [3.05, 3.63) is 41.6 Å². The van der Waals surface area contributed by atoms with E-state index in [-0.39, 0.29) is 17.5 Å². The van der Waals surface area contributed by atoms with Gasteiger partial charge in [-0.25, -0.2) is 0 Å². The fourth-order valence-electron chi connectivity index (χ4n) is 3.40. The molecule has 1 atom stereocenters. The van der Waals surface area contributed by atoms with Crippen LogP contribution in [0.5, 0.6) is 0 Å². The van der Waals surface area contributed by atoms with Crippen molar-refractivity contribution >= 4 is 28.5 Å².